The maximum Gasteiger partial charge on any atom is 0.121 e. The number of halogens is 1. The minimum Gasteiger partial charge on any atom is -0.497 e. The highest BCUT2D eigenvalue weighted by Crippen LogP contribution is 2.33. The third-order valence-corrected chi connectivity index (χ3v) is 4.12. The molecule has 0 bridgehead atoms. The summed E-state index contributed by atoms with van der Waals surface area (Å²) in [7, 11) is 1.71. The number of benzene rings is 1. The molecule has 2 aromatic rings. The average Bonchev–Trinajstić information content (AvgIpc) is 2.61. The molecular weight excluding hydrogens is 307 g/mol. The molecule has 0 fully saturated rings. The molecule has 3 heteroatoms. The topological polar surface area (TPSA) is 9.23 Å². The van der Waals surface area contributed by atoms with Crippen molar-refractivity contribution in [2.45, 2.75) is 13.3 Å². The predicted molar refractivity (Wildman–Crippen MR) is 70.5 cm³/mol. The molecule has 2 rings (SSSR count). The van der Waals surface area contributed by atoms with Gasteiger partial charge in [-0.1, -0.05) is 6.92 Å². The molecule has 0 spiro atoms. The van der Waals surface area contributed by atoms with Gasteiger partial charge in [-0.05, 0) is 52.1 Å². The Labute approximate surface area is 101 Å². The molecule has 0 saturated heterocycles. The Morgan fingerprint density at radius 1 is 1.43 bits per heavy atom. The van der Waals surface area contributed by atoms with Crippen molar-refractivity contribution in [2.75, 3.05) is 7.11 Å². The third-order valence-electron chi connectivity index (χ3n) is 2.29. The van der Waals surface area contributed by atoms with Gasteiger partial charge in [0.15, 0.2) is 0 Å². The minimum atomic E-state index is 0.950. The van der Waals surface area contributed by atoms with E-state index in [0.717, 1.165) is 12.2 Å². The maximum absolute atomic E-state index is 5.25. The van der Waals surface area contributed by atoms with Crippen LogP contribution in [0.5, 0.6) is 5.75 Å². The van der Waals surface area contributed by atoms with Crippen LogP contribution in [0.15, 0.2) is 17.5 Å². The summed E-state index contributed by atoms with van der Waals surface area (Å²) in [6.07, 6.45) is 1.10. The lowest BCUT2D eigenvalue weighted by molar-refractivity contribution is 0.415. The fourth-order valence-electron chi connectivity index (χ4n) is 1.53. The van der Waals surface area contributed by atoms with Crippen LogP contribution in [-0.4, -0.2) is 7.11 Å². The van der Waals surface area contributed by atoms with E-state index in [9.17, 15) is 0 Å². The molecule has 1 nitrogen and oxygen atoms in total. The highest BCUT2D eigenvalue weighted by Gasteiger charge is 2.08. The fraction of sp³-hybridized carbons (Fsp3) is 0.273. The number of hydrogen-bond acceptors (Lipinski definition) is 2. The molecule has 0 radical (unpaired) electrons. The summed E-state index contributed by atoms with van der Waals surface area (Å²) in [6, 6.07) is 4.20. The van der Waals surface area contributed by atoms with Crippen LogP contribution in [0.25, 0.3) is 10.1 Å². The van der Waals surface area contributed by atoms with E-state index < -0.39 is 0 Å². The number of fused-ring (bicyclic) bond motifs is 1. The van der Waals surface area contributed by atoms with E-state index in [-0.39, 0.29) is 0 Å². The Morgan fingerprint density at radius 2 is 2.21 bits per heavy atom. The van der Waals surface area contributed by atoms with Gasteiger partial charge >= 0.3 is 0 Å². The van der Waals surface area contributed by atoms with E-state index in [1.165, 1.54) is 19.2 Å². The van der Waals surface area contributed by atoms with Gasteiger partial charge in [0, 0.05) is 13.7 Å². The molecule has 0 amide bonds. The van der Waals surface area contributed by atoms with Crippen molar-refractivity contribution in [3.8, 4) is 5.75 Å². The quantitative estimate of drug-likeness (QED) is 0.758. The van der Waals surface area contributed by atoms with E-state index >= 15 is 0 Å². The van der Waals surface area contributed by atoms with Crippen LogP contribution < -0.4 is 4.74 Å². The van der Waals surface area contributed by atoms with Crippen molar-refractivity contribution in [3.63, 3.8) is 0 Å². The predicted octanol–water partition coefficient (Wildman–Crippen LogP) is 4.08. The lowest BCUT2D eigenvalue weighted by atomic mass is 10.1. The summed E-state index contributed by atoms with van der Waals surface area (Å²) in [5.74, 6) is 0.950. The lowest BCUT2D eigenvalue weighted by Crippen LogP contribution is -1.85. The largest absolute Gasteiger partial charge is 0.497 e. The number of hydrogen-bond donors (Lipinski definition) is 0. The molecule has 74 valence electrons. The van der Waals surface area contributed by atoms with Crippen molar-refractivity contribution >= 4 is 44.0 Å². The van der Waals surface area contributed by atoms with Crippen LogP contribution in [0, 0.1) is 3.57 Å². The lowest BCUT2D eigenvalue weighted by Gasteiger charge is -2.02. The minimum absolute atomic E-state index is 0.950. The van der Waals surface area contributed by atoms with Crippen molar-refractivity contribution < 1.29 is 4.74 Å². The highest BCUT2D eigenvalue weighted by atomic mass is 127. The zero-order valence-electron chi connectivity index (χ0n) is 8.13. The van der Waals surface area contributed by atoms with Crippen LogP contribution in [0.1, 0.15) is 12.5 Å². The smallest absolute Gasteiger partial charge is 0.121 e. The number of rotatable bonds is 2. The first-order valence-corrected chi connectivity index (χ1v) is 6.45. The molecule has 0 aliphatic carbocycles. The summed E-state index contributed by atoms with van der Waals surface area (Å²) in [5, 5.41) is 3.64. The Bertz CT molecular complexity index is 462. The van der Waals surface area contributed by atoms with Crippen LogP contribution in [0.2, 0.25) is 0 Å². The first kappa shape index (κ1) is 10.2. The third kappa shape index (κ3) is 1.63. The number of ether oxygens (including phenoxy) is 1. The highest BCUT2D eigenvalue weighted by molar-refractivity contribution is 14.1. The van der Waals surface area contributed by atoms with Gasteiger partial charge in [0.25, 0.3) is 0 Å². The van der Waals surface area contributed by atoms with Gasteiger partial charge in [-0.15, -0.1) is 11.3 Å². The van der Waals surface area contributed by atoms with Gasteiger partial charge in [0.05, 0.1) is 7.11 Å². The van der Waals surface area contributed by atoms with Gasteiger partial charge < -0.3 is 4.74 Å². The number of methoxy groups -OCH3 is 1. The molecule has 14 heavy (non-hydrogen) atoms. The molecule has 0 saturated carbocycles. The normalized spacial score (nSPS) is 10.8. The van der Waals surface area contributed by atoms with Crippen molar-refractivity contribution in [3.05, 3.63) is 26.6 Å². The van der Waals surface area contributed by atoms with E-state index in [4.69, 9.17) is 4.74 Å². The van der Waals surface area contributed by atoms with Gasteiger partial charge in [-0.25, -0.2) is 0 Å². The molecule has 1 aromatic heterocycles. The second kappa shape index (κ2) is 4.06. The van der Waals surface area contributed by atoms with E-state index in [1.807, 2.05) is 0 Å². The van der Waals surface area contributed by atoms with Crippen molar-refractivity contribution in [1.29, 1.82) is 0 Å². The molecule has 0 aliphatic heterocycles. The average molecular weight is 318 g/mol. The van der Waals surface area contributed by atoms with E-state index in [0.29, 0.717) is 0 Å². The number of aryl methyl sites for hydroxylation is 1. The van der Waals surface area contributed by atoms with Gasteiger partial charge in [0.1, 0.15) is 5.75 Å². The first-order valence-electron chi connectivity index (χ1n) is 4.50. The molecule has 0 atom stereocenters. The van der Waals surface area contributed by atoms with Gasteiger partial charge in [0.2, 0.25) is 0 Å². The number of thiophene rings is 1. The Balaban J connectivity index is 2.72. The van der Waals surface area contributed by atoms with Crippen LogP contribution >= 0.6 is 33.9 Å². The summed E-state index contributed by atoms with van der Waals surface area (Å²) >= 11 is 4.18. The maximum atomic E-state index is 5.25. The van der Waals surface area contributed by atoms with E-state index in [1.54, 1.807) is 18.4 Å². The zero-order valence-corrected chi connectivity index (χ0v) is 11.1. The van der Waals surface area contributed by atoms with Crippen LogP contribution in [-0.2, 0) is 6.42 Å². The summed E-state index contributed by atoms with van der Waals surface area (Å²) in [5.41, 5.74) is 1.44. The molecular formula is C11H11IOS. The first-order chi connectivity index (χ1) is 6.76. The monoisotopic (exact) mass is 318 g/mol. The van der Waals surface area contributed by atoms with Gasteiger partial charge in [-0.3, -0.25) is 0 Å². The standard InChI is InChI=1S/C11H11IOS/c1-3-7-6-14-10-5-8(13-2)4-9(12)11(7)10/h4-6H,3H2,1-2H3. The summed E-state index contributed by atoms with van der Waals surface area (Å²) in [6.45, 7) is 2.20. The summed E-state index contributed by atoms with van der Waals surface area (Å²) < 4.78 is 7.86. The SMILES string of the molecule is CCc1csc2cc(OC)cc(I)c12. The van der Waals surface area contributed by atoms with Crippen molar-refractivity contribution in [1.82, 2.24) is 0 Å². The second-order valence-corrected chi connectivity index (χ2v) is 5.17. The Kier molecular flexibility index (Phi) is 2.97. The van der Waals surface area contributed by atoms with Crippen molar-refractivity contribution in [2.24, 2.45) is 0 Å². The van der Waals surface area contributed by atoms with Crippen LogP contribution in [0.3, 0.4) is 0 Å². The molecule has 0 unspecified atom stereocenters. The van der Waals surface area contributed by atoms with E-state index in [2.05, 4.69) is 47.0 Å². The van der Waals surface area contributed by atoms with Crippen LogP contribution in [0.4, 0.5) is 0 Å². The Morgan fingerprint density at radius 3 is 2.86 bits per heavy atom. The summed E-state index contributed by atoms with van der Waals surface area (Å²) in [4.78, 5) is 0. The molecule has 1 heterocycles. The fourth-order valence-corrected chi connectivity index (χ4v) is 3.76. The zero-order chi connectivity index (χ0) is 10.1. The molecule has 0 aliphatic rings. The molecule has 1 aromatic carbocycles. The van der Waals surface area contributed by atoms with Gasteiger partial charge in [-0.2, -0.15) is 0 Å². The molecule has 0 N–H and O–H groups in total. The second-order valence-electron chi connectivity index (χ2n) is 3.10. The Hall–Kier alpha value is -0.290.